The molecule has 0 aliphatic rings. The van der Waals surface area contributed by atoms with E-state index in [4.69, 9.17) is 0 Å². The van der Waals surface area contributed by atoms with Crippen LogP contribution in [0.3, 0.4) is 0 Å². The second-order valence-electron chi connectivity index (χ2n) is 4.93. The molecule has 5 heteroatoms. The zero-order valence-corrected chi connectivity index (χ0v) is 12.0. The maximum Gasteiger partial charge on any atom is 0.207 e. The molecular weight excluding hydrogens is 260 g/mol. The van der Waals surface area contributed by atoms with E-state index in [0.717, 1.165) is 25.1 Å². The maximum atomic E-state index is 14.0. The summed E-state index contributed by atoms with van der Waals surface area (Å²) in [5, 5.41) is 2.78. The Balaban J connectivity index is 2.32. The normalized spacial score (nSPS) is 10.8. The highest BCUT2D eigenvalue weighted by molar-refractivity contribution is 5.57. The molecule has 0 saturated heterocycles. The predicted molar refractivity (Wildman–Crippen MR) is 76.2 cm³/mol. The van der Waals surface area contributed by atoms with Crippen molar-refractivity contribution in [2.45, 2.75) is 40.2 Å². The van der Waals surface area contributed by atoms with Gasteiger partial charge in [0.25, 0.3) is 0 Å². The first-order chi connectivity index (χ1) is 9.52. The number of nitrogens with one attached hydrogen (secondary N) is 1. The number of aromatic nitrogens is 2. The van der Waals surface area contributed by atoms with Crippen molar-refractivity contribution in [3.63, 3.8) is 0 Å². The van der Waals surface area contributed by atoms with Crippen molar-refractivity contribution >= 4 is 11.6 Å². The minimum atomic E-state index is -0.615. The van der Waals surface area contributed by atoms with Crippen LogP contribution in [0.25, 0.3) is 0 Å². The highest BCUT2D eigenvalue weighted by atomic mass is 19.1. The molecule has 0 radical (unpaired) electrons. The number of hydrogen-bond acceptors (Lipinski definition) is 2. The van der Waals surface area contributed by atoms with Crippen LogP contribution in [0.1, 0.15) is 31.0 Å². The fourth-order valence-corrected chi connectivity index (χ4v) is 2.03. The van der Waals surface area contributed by atoms with Gasteiger partial charge in [0.15, 0.2) is 5.82 Å². The summed E-state index contributed by atoms with van der Waals surface area (Å²) >= 11 is 0. The lowest BCUT2D eigenvalue weighted by molar-refractivity contribution is 0.582. The van der Waals surface area contributed by atoms with Gasteiger partial charge in [0.2, 0.25) is 5.95 Å². The summed E-state index contributed by atoms with van der Waals surface area (Å²) in [6, 6.07) is 2.68. The van der Waals surface area contributed by atoms with Crippen LogP contribution in [0, 0.1) is 25.5 Å². The summed E-state index contributed by atoms with van der Waals surface area (Å²) in [5.41, 5.74) is 1.07. The third-order valence-electron chi connectivity index (χ3n) is 3.17. The molecule has 0 amide bonds. The SMILES string of the molecule is CCCCn1cc(C)nc1Nc1c(F)ccc(C)c1F. The quantitative estimate of drug-likeness (QED) is 0.883. The number of nitrogens with zero attached hydrogens (tertiary/aromatic N) is 2. The number of halogens is 2. The molecule has 0 aliphatic carbocycles. The number of unbranched alkanes of at least 4 members (excludes halogenated alkanes) is 1. The summed E-state index contributed by atoms with van der Waals surface area (Å²) in [6.07, 6.45) is 3.91. The fourth-order valence-electron chi connectivity index (χ4n) is 2.03. The minimum absolute atomic E-state index is 0.145. The molecule has 1 aromatic heterocycles. The lowest BCUT2D eigenvalue weighted by atomic mass is 10.2. The van der Waals surface area contributed by atoms with Crippen LogP contribution in [-0.4, -0.2) is 9.55 Å². The standard InChI is InChI=1S/C15H19F2N3/c1-4-5-8-20-9-11(3)18-15(20)19-14-12(16)7-6-10(2)13(14)17/h6-7,9H,4-5,8H2,1-3H3,(H,18,19). The van der Waals surface area contributed by atoms with Crippen molar-refractivity contribution in [2.24, 2.45) is 0 Å². The summed E-state index contributed by atoms with van der Waals surface area (Å²) in [7, 11) is 0. The van der Waals surface area contributed by atoms with Crippen LogP contribution < -0.4 is 5.32 Å². The second kappa shape index (κ2) is 6.03. The zero-order chi connectivity index (χ0) is 14.7. The van der Waals surface area contributed by atoms with Crippen molar-refractivity contribution in [3.05, 3.63) is 41.2 Å². The molecule has 0 bridgehead atoms. The van der Waals surface area contributed by atoms with E-state index >= 15 is 0 Å². The van der Waals surface area contributed by atoms with Crippen molar-refractivity contribution in [1.29, 1.82) is 0 Å². The van der Waals surface area contributed by atoms with E-state index in [2.05, 4.69) is 17.2 Å². The van der Waals surface area contributed by atoms with E-state index in [1.165, 1.54) is 12.1 Å². The van der Waals surface area contributed by atoms with Crippen LogP contribution in [0.5, 0.6) is 0 Å². The number of aryl methyl sites for hydroxylation is 3. The van der Waals surface area contributed by atoms with Gasteiger partial charge in [-0.2, -0.15) is 0 Å². The van der Waals surface area contributed by atoms with Gasteiger partial charge >= 0.3 is 0 Å². The highest BCUT2D eigenvalue weighted by Gasteiger charge is 2.14. The third-order valence-corrected chi connectivity index (χ3v) is 3.17. The lowest BCUT2D eigenvalue weighted by Gasteiger charge is -2.11. The predicted octanol–water partition coefficient (Wildman–Crippen LogP) is 4.32. The molecule has 0 saturated carbocycles. The third kappa shape index (κ3) is 2.98. The number of imidazole rings is 1. The monoisotopic (exact) mass is 279 g/mol. The van der Waals surface area contributed by atoms with Crippen LogP contribution in [0.2, 0.25) is 0 Å². The average molecular weight is 279 g/mol. The molecule has 1 aromatic carbocycles. The molecule has 0 unspecified atom stereocenters. The second-order valence-corrected chi connectivity index (χ2v) is 4.93. The Morgan fingerprint density at radius 3 is 2.70 bits per heavy atom. The Hall–Kier alpha value is -1.91. The average Bonchev–Trinajstić information content (AvgIpc) is 2.77. The molecule has 2 rings (SSSR count). The minimum Gasteiger partial charge on any atom is -0.321 e. The number of benzene rings is 1. The first-order valence-electron chi connectivity index (χ1n) is 6.78. The Bertz CT molecular complexity index is 605. The molecule has 108 valence electrons. The van der Waals surface area contributed by atoms with E-state index in [9.17, 15) is 8.78 Å². The van der Waals surface area contributed by atoms with Crippen molar-refractivity contribution in [2.75, 3.05) is 5.32 Å². The molecule has 20 heavy (non-hydrogen) atoms. The maximum absolute atomic E-state index is 14.0. The Morgan fingerprint density at radius 2 is 2.00 bits per heavy atom. The smallest absolute Gasteiger partial charge is 0.207 e. The van der Waals surface area contributed by atoms with Gasteiger partial charge in [-0.3, -0.25) is 0 Å². The van der Waals surface area contributed by atoms with Gasteiger partial charge in [-0.05, 0) is 31.9 Å². The number of anilines is 2. The number of rotatable bonds is 5. The molecule has 0 atom stereocenters. The first-order valence-corrected chi connectivity index (χ1v) is 6.78. The van der Waals surface area contributed by atoms with Gasteiger partial charge < -0.3 is 9.88 Å². The number of hydrogen-bond donors (Lipinski definition) is 1. The Labute approximate surface area is 117 Å². The Kier molecular flexibility index (Phi) is 4.37. The van der Waals surface area contributed by atoms with E-state index in [1.807, 2.05) is 17.7 Å². The van der Waals surface area contributed by atoms with Crippen LogP contribution in [-0.2, 0) is 6.54 Å². The largest absolute Gasteiger partial charge is 0.321 e. The van der Waals surface area contributed by atoms with Gasteiger partial charge in [0.1, 0.15) is 11.5 Å². The van der Waals surface area contributed by atoms with Crippen LogP contribution in [0.4, 0.5) is 20.4 Å². The summed E-state index contributed by atoms with van der Waals surface area (Å²) in [5.74, 6) is -0.720. The van der Waals surface area contributed by atoms with Crippen LogP contribution >= 0.6 is 0 Å². The van der Waals surface area contributed by atoms with E-state index in [0.29, 0.717) is 11.5 Å². The lowest BCUT2D eigenvalue weighted by Crippen LogP contribution is -2.06. The summed E-state index contributed by atoms with van der Waals surface area (Å²) in [4.78, 5) is 4.29. The van der Waals surface area contributed by atoms with Gasteiger partial charge in [0.05, 0.1) is 5.69 Å². The molecule has 0 fully saturated rings. The van der Waals surface area contributed by atoms with Crippen molar-refractivity contribution in [3.8, 4) is 0 Å². The topological polar surface area (TPSA) is 29.9 Å². The molecule has 2 aromatic rings. The van der Waals surface area contributed by atoms with Crippen LogP contribution in [0.15, 0.2) is 18.3 Å². The van der Waals surface area contributed by atoms with Gasteiger partial charge in [-0.1, -0.05) is 19.4 Å². The summed E-state index contributed by atoms with van der Waals surface area (Å²) < 4.78 is 29.7. The Morgan fingerprint density at radius 1 is 1.25 bits per heavy atom. The molecule has 3 nitrogen and oxygen atoms in total. The summed E-state index contributed by atoms with van der Waals surface area (Å²) in [6.45, 7) is 6.33. The van der Waals surface area contributed by atoms with Gasteiger partial charge in [0, 0.05) is 12.7 Å². The zero-order valence-electron chi connectivity index (χ0n) is 12.0. The van der Waals surface area contributed by atoms with Crippen molar-refractivity contribution in [1.82, 2.24) is 9.55 Å². The molecule has 0 aliphatic heterocycles. The fraction of sp³-hybridized carbons (Fsp3) is 0.400. The molecule has 1 heterocycles. The molecular formula is C15H19F2N3. The van der Waals surface area contributed by atoms with Gasteiger partial charge in [-0.15, -0.1) is 0 Å². The first kappa shape index (κ1) is 14.5. The van der Waals surface area contributed by atoms with E-state index in [-0.39, 0.29) is 5.69 Å². The highest BCUT2D eigenvalue weighted by Crippen LogP contribution is 2.25. The van der Waals surface area contributed by atoms with Gasteiger partial charge in [-0.25, -0.2) is 13.8 Å². The molecule has 1 N–H and O–H groups in total. The molecule has 0 spiro atoms. The van der Waals surface area contributed by atoms with Crippen molar-refractivity contribution < 1.29 is 8.78 Å². The van der Waals surface area contributed by atoms with E-state index in [1.54, 1.807) is 6.92 Å². The van der Waals surface area contributed by atoms with E-state index < -0.39 is 11.6 Å².